The molecule has 1 unspecified atom stereocenters. The maximum atomic E-state index is 12.6. The van der Waals surface area contributed by atoms with E-state index in [9.17, 15) is 9.90 Å². The van der Waals surface area contributed by atoms with E-state index in [4.69, 9.17) is 4.42 Å². The molecule has 0 aliphatic carbocycles. The Morgan fingerprint density at radius 2 is 2.07 bits per heavy atom. The summed E-state index contributed by atoms with van der Waals surface area (Å²) >= 11 is 0. The van der Waals surface area contributed by atoms with Crippen molar-refractivity contribution in [2.75, 3.05) is 13.1 Å². The van der Waals surface area contributed by atoms with Gasteiger partial charge in [0.1, 0.15) is 18.9 Å². The van der Waals surface area contributed by atoms with Gasteiger partial charge >= 0.3 is 0 Å². The first kappa shape index (κ1) is 17.4. The summed E-state index contributed by atoms with van der Waals surface area (Å²) in [5.74, 6) is 2.37. The van der Waals surface area contributed by atoms with Crippen LogP contribution in [0, 0.1) is 5.92 Å². The normalized spacial score (nSPS) is 23.4. The van der Waals surface area contributed by atoms with Crippen molar-refractivity contribution in [3.8, 4) is 11.1 Å². The first-order valence-corrected chi connectivity index (χ1v) is 9.87. The van der Waals surface area contributed by atoms with E-state index in [1.54, 1.807) is 12.3 Å². The Bertz CT molecular complexity index is 1040. The summed E-state index contributed by atoms with van der Waals surface area (Å²) in [5.41, 5.74) is 3.44. The van der Waals surface area contributed by atoms with Gasteiger partial charge in [-0.05, 0) is 30.7 Å². The van der Waals surface area contributed by atoms with Crippen molar-refractivity contribution in [1.29, 1.82) is 0 Å². The number of quaternary nitrogens is 1. The molecule has 2 bridgehead atoms. The van der Waals surface area contributed by atoms with Crippen LogP contribution in [0.25, 0.3) is 11.1 Å². The van der Waals surface area contributed by atoms with Crippen molar-refractivity contribution < 1.29 is 14.4 Å². The highest BCUT2D eigenvalue weighted by Gasteiger charge is 2.39. The first-order valence-electron chi connectivity index (χ1n) is 9.87. The predicted octanol–water partition coefficient (Wildman–Crippen LogP) is 1.20. The molecule has 1 saturated heterocycles. The molecule has 0 radical (unpaired) electrons. The summed E-state index contributed by atoms with van der Waals surface area (Å²) in [6, 6.07) is 11.5. The predicted molar refractivity (Wildman–Crippen MR) is 104 cm³/mol. The molecule has 28 heavy (non-hydrogen) atoms. The van der Waals surface area contributed by atoms with Crippen LogP contribution in [0.15, 0.2) is 58.0 Å². The lowest BCUT2D eigenvalue weighted by molar-refractivity contribution is -0.925. The van der Waals surface area contributed by atoms with E-state index in [0.29, 0.717) is 17.6 Å². The Morgan fingerprint density at radius 1 is 1.18 bits per heavy atom. The molecule has 0 aromatic carbocycles. The summed E-state index contributed by atoms with van der Waals surface area (Å²) in [4.78, 5) is 18.3. The fourth-order valence-corrected chi connectivity index (χ4v) is 5.00. The molecule has 3 aromatic heterocycles. The minimum absolute atomic E-state index is 0.0641. The molecule has 5 heterocycles. The molecule has 3 aromatic rings. The SMILES string of the molecule is O=c1ccc(-c2cccnc2)c2n1C[C@H]1C[C@@H]2C[NH+](Cc2ccc(CO)o2)C1. The largest absolute Gasteiger partial charge is 0.458 e. The fourth-order valence-electron chi connectivity index (χ4n) is 5.00. The van der Waals surface area contributed by atoms with E-state index in [1.165, 1.54) is 4.90 Å². The number of fused-ring (bicyclic) bond motifs is 4. The number of nitrogens with zero attached hydrogens (tertiary/aromatic N) is 2. The van der Waals surface area contributed by atoms with Gasteiger partial charge in [0.05, 0.1) is 13.1 Å². The van der Waals surface area contributed by atoms with Crippen LogP contribution in [0.5, 0.6) is 0 Å². The van der Waals surface area contributed by atoms with Crippen LogP contribution >= 0.6 is 0 Å². The molecule has 3 atom stereocenters. The van der Waals surface area contributed by atoms with Crippen molar-refractivity contribution in [2.45, 2.75) is 32.0 Å². The van der Waals surface area contributed by atoms with E-state index < -0.39 is 0 Å². The highest BCUT2D eigenvalue weighted by Crippen LogP contribution is 2.36. The van der Waals surface area contributed by atoms with Crippen molar-refractivity contribution in [2.24, 2.45) is 5.92 Å². The lowest BCUT2D eigenvalue weighted by atomic mass is 9.80. The second kappa shape index (κ2) is 7.04. The zero-order valence-electron chi connectivity index (χ0n) is 15.7. The van der Waals surface area contributed by atoms with Gasteiger partial charge in [-0.1, -0.05) is 6.07 Å². The summed E-state index contributed by atoms with van der Waals surface area (Å²) in [7, 11) is 0. The lowest BCUT2D eigenvalue weighted by Crippen LogP contribution is -3.13. The minimum Gasteiger partial charge on any atom is -0.458 e. The molecule has 144 valence electrons. The Kier molecular flexibility index (Phi) is 4.37. The topological polar surface area (TPSA) is 72.7 Å². The second-order valence-electron chi connectivity index (χ2n) is 7.98. The number of hydrogen-bond acceptors (Lipinski definition) is 4. The number of rotatable bonds is 4. The van der Waals surface area contributed by atoms with Crippen LogP contribution in [0.2, 0.25) is 0 Å². The Morgan fingerprint density at radius 3 is 2.86 bits per heavy atom. The van der Waals surface area contributed by atoms with Crippen molar-refractivity contribution in [1.82, 2.24) is 9.55 Å². The van der Waals surface area contributed by atoms with Crippen molar-refractivity contribution in [3.05, 3.63) is 76.4 Å². The zero-order chi connectivity index (χ0) is 19.1. The van der Waals surface area contributed by atoms with Crippen LogP contribution in [-0.4, -0.2) is 27.7 Å². The van der Waals surface area contributed by atoms with E-state index in [0.717, 1.165) is 55.2 Å². The average molecular weight is 378 g/mol. The fraction of sp³-hybridized carbons (Fsp3) is 0.364. The van der Waals surface area contributed by atoms with Crippen LogP contribution < -0.4 is 10.5 Å². The molecule has 2 aliphatic rings. The number of likely N-dealkylation sites (tertiary alicyclic amines) is 1. The lowest BCUT2D eigenvalue weighted by Gasteiger charge is -2.41. The van der Waals surface area contributed by atoms with Gasteiger partial charge in [-0.25, -0.2) is 0 Å². The Labute approximate surface area is 163 Å². The number of piperidine rings is 1. The monoisotopic (exact) mass is 378 g/mol. The number of nitrogens with one attached hydrogen (secondary N) is 1. The molecule has 5 rings (SSSR count). The summed E-state index contributed by atoms with van der Waals surface area (Å²) < 4.78 is 7.70. The van der Waals surface area contributed by atoms with Crippen LogP contribution in [0.1, 0.15) is 29.6 Å². The van der Waals surface area contributed by atoms with Gasteiger partial charge < -0.3 is 19.0 Å². The third-order valence-electron chi connectivity index (χ3n) is 6.05. The Hall–Kier alpha value is -2.70. The number of aliphatic hydroxyl groups is 1. The summed E-state index contributed by atoms with van der Waals surface area (Å²) in [5, 5.41) is 9.22. The highest BCUT2D eigenvalue weighted by molar-refractivity contribution is 5.66. The molecule has 2 N–H and O–H groups in total. The van der Waals surface area contributed by atoms with Gasteiger partial charge in [-0.3, -0.25) is 9.78 Å². The van der Waals surface area contributed by atoms with Crippen LogP contribution in [-0.2, 0) is 19.7 Å². The molecular formula is C22H24N3O3+. The number of aliphatic hydroxyl groups excluding tert-OH is 1. The molecule has 0 amide bonds. The molecule has 6 heteroatoms. The van der Waals surface area contributed by atoms with Gasteiger partial charge in [-0.2, -0.15) is 0 Å². The molecule has 0 saturated carbocycles. The Balaban J connectivity index is 1.48. The van der Waals surface area contributed by atoms with Gasteiger partial charge in [0.25, 0.3) is 5.56 Å². The maximum absolute atomic E-state index is 12.6. The van der Waals surface area contributed by atoms with Crippen LogP contribution in [0.4, 0.5) is 0 Å². The average Bonchev–Trinajstić information content (AvgIpc) is 3.17. The maximum Gasteiger partial charge on any atom is 0.250 e. The molecule has 1 fully saturated rings. The second-order valence-corrected chi connectivity index (χ2v) is 7.98. The van der Waals surface area contributed by atoms with Gasteiger partial charge in [-0.15, -0.1) is 0 Å². The highest BCUT2D eigenvalue weighted by atomic mass is 16.4. The quantitative estimate of drug-likeness (QED) is 0.716. The van der Waals surface area contributed by atoms with Gasteiger partial charge in [0.2, 0.25) is 0 Å². The number of aromatic nitrogens is 2. The van der Waals surface area contributed by atoms with Gasteiger partial charge in [0.15, 0.2) is 5.76 Å². The van der Waals surface area contributed by atoms with Crippen molar-refractivity contribution >= 4 is 0 Å². The number of furan rings is 1. The molecule has 0 spiro atoms. The van der Waals surface area contributed by atoms with Gasteiger partial charge in [0, 0.05) is 53.7 Å². The smallest absolute Gasteiger partial charge is 0.250 e. The molecular weight excluding hydrogens is 354 g/mol. The first-order chi connectivity index (χ1) is 13.7. The summed E-state index contributed by atoms with van der Waals surface area (Å²) in [6.45, 7) is 3.54. The van der Waals surface area contributed by atoms with Crippen LogP contribution in [0.3, 0.4) is 0 Å². The molecule has 2 aliphatic heterocycles. The van der Waals surface area contributed by atoms with E-state index >= 15 is 0 Å². The molecule has 6 nitrogen and oxygen atoms in total. The minimum atomic E-state index is -0.0641. The van der Waals surface area contributed by atoms with Crippen molar-refractivity contribution in [3.63, 3.8) is 0 Å². The number of hydrogen-bond donors (Lipinski definition) is 2. The number of pyridine rings is 2. The third-order valence-corrected chi connectivity index (χ3v) is 6.05. The standard InChI is InChI=1S/C22H23N3O3/c26-14-19-4-3-18(28-19)13-24-10-15-8-17(12-24)22-20(16-2-1-7-23-9-16)5-6-21(27)25(22)11-15/h1-7,9,15,17,26H,8,10-14H2/p+1/t15-,17+/m0/s1. The van der Waals surface area contributed by atoms with E-state index in [-0.39, 0.29) is 12.2 Å². The van der Waals surface area contributed by atoms with E-state index in [2.05, 4.69) is 11.1 Å². The zero-order valence-corrected chi connectivity index (χ0v) is 15.7. The third kappa shape index (κ3) is 3.08. The van der Waals surface area contributed by atoms with E-state index in [1.807, 2.05) is 35.0 Å². The summed E-state index contributed by atoms with van der Waals surface area (Å²) in [6.07, 6.45) is 4.78.